The van der Waals surface area contributed by atoms with Crippen molar-refractivity contribution in [1.82, 2.24) is 9.88 Å². The number of pyridine rings is 1. The molecule has 1 fully saturated rings. The van der Waals surface area contributed by atoms with E-state index in [1.165, 1.54) is 5.56 Å². The first-order valence-electron chi connectivity index (χ1n) is 5.74. The fourth-order valence-corrected chi connectivity index (χ4v) is 2.07. The molecule has 4 heteroatoms. The number of anilines is 1. The van der Waals surface area contributed by atoms with Gasteiger partial charge in [0.1, 0.15) is 5.82 Å². The van der Waals surface area contributed by atoms with Crippen LogP contribution in [0.5, 0.6) is 0 Å². The molecule has 1 aromatic heterocycles. The topological polar surface area (TPSA) is 51.4 Å². The van der Waals surface area contributed by atoms with Crippen LogP contribution in [0.3, 0.4) is 0 Å². The summed E-state index contributed by atoms with van der Waals surface area (Å²) in [7, 11) is 2.16. The minimum absolute atomic E-state index is 0.581. The van der Waals surface area contributed by atoms with Gasteiger partial charge in [-0.2, -0.15) is 0 Å². The van der Waals surface area contributed by atoms with Crippen LogP contribution in [0.2, 0.25) is 0 Å². The second-order valence-corrected chi connectivity index (χ2v) is 4.35. The van der Waals surface area contributed by atoms with Crippen LogP contribution in [0.25, 0.3) is 0 Å². The number of rotatable bonds is 3. The van der Waals surface area contributed by atoms with E-state index >= 15 is 0 Å². The third-order valence-electron chi connectivity index (χ3n) is 3.09. The zero-order valence-corrected chi connectivity index (χ0v) is 9.72. The summed E-state index contributed by atoms with van der Waals surface area (Å²) in [6.45, 7) is 2.70. The molecule has 1 aromatic rings. The standard InChI is InChI=1S/C12H19N3O/c1-15(11-4-6-16-7-5-11)9-10-2-3-12(13)14-8-10/h2-3,8,11H,4-7,9H2,1H3,(H2,13,14). The Bertz CT molecular complexity index is 320. The highest BCUT2D eigenvalue weighted by Gasteiger charge is 2.18. The average Bonchev–Trinajstić information content (AvgIpc) is 2.33. The normalized spacial score (nSPS) is 17.9. The van der Waals surface area contributed by atoms with Crippen LogP contribution in [0, 0.1) is 0 Å². The second kappa shape index (κ2) is 5.27. The van der Waals surface area contributed by atoms with Crippen LogP contribution in [-0.4, -0.2) is 36.2 Å². The molecule has 2 rings (SSSR count). The molecule has 0 aromatic carbocycles. The quantitative estimate of drug-likeness (QED) is 0.835. The number of nitrogen functional groups attached to an aromatic ring is 1. The molecule has 1 aliphatic heterocycles. The Morgan fingerprint density at radius 3 is 2.81 bits per heavy atom. The summed E-state index contributed by atoms with van der Waals surface area (Å²) < 4.78 is 5.36. The summed E-state index contributed by atoms with van der Waals surface area (Å²) in [5.74, 6) is 0.581. The van der Waals surface area contributed by atoms with E-state index in [0.717, 1.165) is 32.6 Å². The average molecular weight is 221 g/mol. The molecule has 0 saturated carbocycles. The summed E-state index contributed by atoms with van der Waals surface area (Å²) in [6, 6.07) is 4.52. The van der Waals surface area contributed by atoms with E-state index in [9.17, 15) is 0 Å². The summed E-state index contributed by atoms with van der Waals surface area (Å²) in [6.07, 6.45) is 4.10. The summed E-state index contributed by atoms with van der Waals surface area (Å²) in [4.78, 5) is 6.47. The van der Waals surface area contributed by atoms with Crippen molar-refractivity contribution >= 4 is 5.82 Å². The van der Waals surface area contributed by atoms with E-state index in [2.05, 4.69) is 16.9 Å². The minimum Gasteiger partial charge on any atom is -0.384 e. The molecule has 0 spiro atoms. The predicted molar refractivity (Wildman–Crippen MR) is 64.0 cm³/mol. The molecule has 2 heterocycles. The molecule has 0 atom stereocenters. The van der Waals surface area contributed by atoms with Crippen molar-refractivity contribution in [2.24, 2.45) is 0 Å². The largest absolute Gasteiger partial charge is 0.384 e. The molecular weight excluding hydrogens is 202 g/mol. The van der Waals surface area contributed by atoms with Crippen LogP contribution in [-0.2, 0) is 11.3 Å². The molecule has 0 aliphatic carbocycles. The molecule has 16 heavy (non-hydrogen) atoms. The van der Waals surface area contributed by atoms with Crippen molar-refractivity contribution in [3.8, 4) is 0 Å². The van der Waals surface area contributed by atoms with E-state index < -0.39 is 0 Å². The Morgan fingerprint density at radius 2 is 2.19 bits per heavy atom. The SMILES string of the molecule is CN(Cc1ccc(N)nc1)C1CCOCC1. The predicted octanol–water partition coefficient (Wildman–Crippen LogP) is 1.27. The summed E-state index contributed by atoms with van der Waals surface area (Å²) >= 11 is 0. The molecule has 1 aliphatic rings. The Hall–Kier alpha value is -1.13. The van der Waals surface area contributed by atoms with Crippen molar-refractivity contribution in [2.75, 3.05) is 26.0 Å². The van der Waals surface area contributed by atoms with E-state index in [1.807, 2.05) is 18.3 Å². The molecule has 0 radical (unpaired) electrons. The van der Waals surface area contributed by atoms with Crippen LogP contribution in [0.4, 0.5) is 5.82 Å². The fraction of sp³-hybridized carbons (Fsp3) is 0.583. The third-order valence-corrected chi connectivity index (χ3v) is 3.09. The maximum atomic E-state index is 5.56. The van der Waals surface area contributed by atoms with Gasteiger partial charge >= 0.3 is 0 Å². The van der Waals surface area contributed by atoms with Gasteiger partial charge in [0.25, 0.3) is 0 Å². The molecule has 0 amide bonds. The summed E-state index contributed by atoms with van der Waals surface area (Å²) in [5.41, 5.74) is 6.77. The van der Waals surface area contributed by atoms with Crippen molar-refractivity contribution in [2.45, 2.75) is 25.4 Å². The Balaban J connectivity index is 1.90. The number of nitrogens with two attached hydrogens (primary N) is 1. The lowest BCUT2D eigenvalue weighted by Crippen LogP contribution is -2.36. The smallest absolute Gasteiger partial charge is 0.123 e. The van der Waals surface area contributed by atoms with E-state index in [1.54, 1.807) is 0 Å². The highest BCUT2D eigenvalue weighted by atomic mass is 16.5. The minimum atomic E-state index is 0.581. The van der Waals surface area contributed by atoms with Crippen molar-refractivity contribution in [3.63, 3.8) is 0 Å². The van der Waals surface area contributed by atoms with Crippen LogP contribution < -0.4 is 5.73 Å². The van der Waals surface area contributed by atoms with Crippen molar-refractivity contribution in [3.05, 3.63) is 23.9 Å². The number of nitrogens with zero attached hydrogens (tertiary/aromatic N) is 2. The summed E-state index contributed by atoms with van der Waals surface area (Å²) in [5, 5.41) is 0. The van der Waals surface area contributed by atoms with Crippen LogP contribution >= 0.6 is 0 Å². The number of aromatic nitrogens is 1. The molecule has 2 N–H and O–H groups in total. The Morgan fingerprint density at radius 1 is 1.44 bits per heavy atom. The van der Waals surface area contributed by atoms with Gasteiger partial charge in [0, 0.05) is 32.0 Å². The van der Waals surface area contributed by atoms with Gasteiger partial charge in [0.15, 0.2) is 0 Å². The van der Waals surface area contributed by atoms with Crippen LogP contribution in [0.1, 0.15) is 18.4 Å². The lowest BCUT2D eigenvalue weighted by molar-refractivity contribution is 0.0406. The Labute approximate surface area is 96.4 Å². The number of ether oxygens (including phenoxy) is 1. The lowest BCUT2D eigenvalue weighted by Gasteiger charge is -2.31. The van der Waals surface area contributed by atoms with Gasteiger partial charge in [-0.1, -0.05) is 6.07 Å². The molecule has 0 unspecified atom stereocenters. The highest BCUT2D eigenvalue weighted by Crippen LogP contribution is 2.15. The Kier molecular flexibility index (Phi) is 3.74. The highest BCUT2D eigenvalue weighted by molar-refractivity contribution is 5.29. The van der Waals surface area contributed by atoms with E-state index in [4.69, 9.17) is 10.5 Å². The maximum absolute atomic E-state index is 5.56. The van der Waals surface area contributed by atoms with Gasteiger partial charge in [-0.3, -0.25) is 4.90 Å². The fourth-order valence-electron chi connectivity index (χ4n) is 2.07. The van der Waals surface area contributed by atoms with Gasteiger partial charge < -0.3 is 10.5 Å². The molecule has 0 bridgehead atoms. The van der Waals surface area contributed by atoms with Gasteiger partial charge in [0.05, 0.1) is 0 Å². The second-order valence-electron chi connectivity index (χ2n) is 4.35. The number of hydrogen-bond acceptors (Lipinski definition) is 4. The van der Waals surface area contributed by atoms with Gasteiger partial charge in [0.2, 0.25) is 0 Å². The zero-order chi connectivity index (χ0) is 11.4. The van der Waals surface area contributed by atoms with Crippen molar-refractivity contribution < 1.29 is 4.74 Å². The molecule has 1 saturated heterocycles. The molecule has 4 nitrogen and oxygen atoms in total. The van der Waals surface area contributed by atoms with E-state index in [0.29, 0.717) is 11.9 Å². The van der Waals surface area contributed by atoms with Gasteiger partial charge in [-0.25, -0.2) is 4.98 Å². The number of hydrogen-bond donors (Lipinski definition) is 1. The first kappa shape index (κ1) is 11.4. The third kappa shape index (κ3) is 2.93. The zero-order valence-electron chi connectivity index (χ0n) is 9.72. The first-order valence-corrected chi connectivity index (χ1v) is 5.74. The van der Waals surface area contributed by atoms with Gasteiger partial charge in [-0.15, -0.1) is 0 Å². The van der Waals surface area contributed by atoms with Gasteiger partial charge in [-0.05, 0) is 31.5 Å². The lowest BCUT2D eigenvalue weighted by atomic mass is 10.1. The van der Waals surface area contributed by atoms with Crippen LogP contribution in [0.15, 0.2) is 18.3 Å². The van der Waals surface area contributed by atoms with E-state index in [-0.39, 0.29) is 0 Å². The first-order chi connectivity index (χ1) is 7.75. The maximum Gasteiger partial charge on any atom is 0.123 e. The molecular formula is C12H19N3O. The molecule has 88 valence electrons. The van der Waals surface area contributed by atoms with Crippen molar-refractivity contribution in [1.29, 1.82) is 0 Å². The monoisotopic (exact) mass is 221 g/mol.